The molecule has 2 aromatic rings. The highest BCUT2D eigenvalue weighted by molar-refractivity contribution is 7.08. The van der Waals surface area contributed by atoms with Gasteiger partial charge in [-0.2, -0.15) is 16.4 Å². The highest BCUT2D eigenvalue weighted by Crippen LogP contribution is 2.15. The van der Waals surface area contributed by atoms with Gasteiger partial charge in [-0.15, -0.1) is 0 Å². The van der Waals surface area contributed by atoms with Gasteiger partial charge < -0.3 is 0 Å². The summed E-state index contributed by atoms with van der Waals surface area (Å²) < 4.78 is 1.71. The summed E-state index contributed by atoms with van der Waals surface area (Å²) in [5, 5.41) is 8.08. The molecule has 2 aromatic heterocycles. The Balaban J connectivity index is 2.14. The zero-order valence-corrected chi connectivity index (χ0v) is 9.54. The summed E-state index contributed by atoms with van der Waals surface area (Å²) in [6.45, 7) is 1.96. The van der Waals surface area contributed by atoms with Crippen molar-refractivity contribution in [3.8, 4) is 0 Å². The molecule has 0 radical (unpaired) electrons. The van der Waals surface area contributed by atoms with E-state index in [1.807, 2.05) is 37.0 Å². The first-order valence-corrected chi connectivity index (χ1v) is 5.65. The van der Waals surface area contributed by atoms with E-state index in [4.69, 9.17) is 0 Å². The zero-order chi connectivity index (χ0) is 10.8. The second-order valence-electron chi connectivity index (χ2n) is 3.55. The third-order valence-corrected chi connectivity index (χ3v) is 3.13. The number of aryl methyl sites for hydroxylation is 2. The van der Waals surface area contributed by atoms with Crippen molar-refractivity contribution >= 4 is 17.1 Å². The van der Waals surface area contributed by atoms with Gasteiger partial charge >= 0.3 is 0 Å². The van der Waals surface area contributed by atoms with Crippen molar-refractivity contribution in [3.05, 3.63) is 39.8 Å². The fourth-order valence-corrected chi connectivity index (χ4v) is 2.32. The molecular weight excluding hydrogens is 208 g/mol. The number of carbonyl (C=O) groups is 1. The number of thiophene rings is 1. The molecule has 0 amide bonds. The van der Waals surface area contributed by atoms with Gasteiger partial charge in [0.15, 0.2) is 5.78 Å². The first-order chi connectivity index (χ1) is 7.16. The molecule has 3 nitrogen and oxygen atoms in total. The van der Waals surface area contributed by atoms with Crippen LogP contribution in [0.4, 0.5) is 0 Å². The smallest absolute Gasteiger partial charge is 0.169 e. The number of aromatic nitrogens is 2. The minimum atomic E-state index is 0.146. The number of hydrogen-bond acceptors (Lipinski definition) is 3. The summed E-state index contributed by atoms with van der Waals surface area (Å²) in [7, 11) is 1.85. The van der Waals surface area contributed by atoms with Gasteiger partial charge in [-0.3, -0.25) is 9.48 Å². The Kier molecular flexibility index (Phi) is 2.68. The Morgan fingerprint density at radius 2 is 2.33 bits per heavy atom. The molecule has 0 aliphatic carbocycles. The highest BCUT2D eigenvalue weighted by Gasteiger charge is 2.11. The first kappa shape index (κ1) is 10.1. The van der Waals surface area contributed by atoms with Crippen LogP contribution in [0, 0.1) is 6.92 Å². The summed E-state index contributed by atoms with van der Waals surface area (Å²) >= 11 is 1.56. The molecule has 78 valence electrons. The monoisotopic (exact) mass is 220 g/mol. The van der Waals surface area contributed by atoms with Crippen LogP contribution in [0.5, 0.6) is 0 Å². The average Bonchev–Trinajstić information content (AvgIpc) is 2.75. The van der Waals surface area contributed by atoms with Gasteiger partial charge in [-0.1, -0.05) is 0 Å². The standard InChI is InChI=1S/C11H12N2OS/c1-8-6-15-7-10(8)11(14)5-9-3-4-13(2)12-9/h3-4,6-7H,5H2,1-2H3. The van der Waals surface area contributed by atoms with Crippen LogP contribution in [0.25, 0.3) is 0 Å². The summed E-state index contributed by atoms with van der Waals surface area (Å²) in [4.78, 5) is 11.9. The lowest BCUT2D eigenvalue weighted by atomic mass is 10.1. The molecule has 0 N–H and O–H groups in total. The SMILES string of the molecule is Cc1cscc1C(=O)Cc1ccn(C)n1. The Morgan fingerprint density at radius 3 is 2.87 bits per heavy atom. The number of Topliss-reactive ketones (excluding diaryl/α,β-unsaturated/α-hetero) is 1. The Hall–Kier alpha value is -1.42. The number of rotatable bonds is 3. The molecule has 15 heavy (non-hydrogen) atoms. The molecule has 4 heteroatoms. The number of ketones is 1. The van der Waals surface area contributed by atoms with Crippen LogP contribution in [-0.2, 0) is 13.5 Å². The van der Waals surface area contributed by atoms with Crippen LogP contribution in [0.1, 0.15) is 21.6 Å². The van der Waals surface area contributed by atoms with Crippen molar-refractivity contribution in [1.29, 1.82) is 0 Å². The van der Waals surface area contributed by atoms with E-state index in [0.717, 1.165) is 16.8 Å². The second kappa shape index (κ2) is 3.98. The number of carbonyl (C=O) groups excluding carboxylic acids is 1. The van der Waals surface area contributed by atoms with Crippen LogP contribution in [0.2, 0.25) is 0 Å². The summed E-state index contributed by atoms with van der Waals surface area (Å²) in [6, 6.07) is 1.87. The molecule has 0 aliphatic heterocycles. The maximum Gasteiger partial charge on any atom is 0.169 e. The predicted octanol–water partition coefficient (Wildman–Crippen LogP) is 2.22. The third kappa shape index (κ3) is 2.15. The van der Waals surface area contributed by atoms with Crippen molar-refractivity contribution in [2.45, 2.75) is 13.3 Å². The van der Waals surface area contributed by atoms with Gasteiger partial charge in [0.25, 0.3) is 0 Å². The van der Waals surface area contributed by atoms with E-state index < -0.39 is 0 Å². The Bertz CT molecular complexity index is 484. The van der Waals surface area contributed by atoms with Crippen molar-refractivity contribution in [3.63, 3.8) is 0 Å². The van der Waals surface area contributed by atoms with Crippen molar-refractivity contribution in [2.75, 3.05) is 0 Å². The van der Waals surface area contributed by atoms with Gasteiger partial charge in [0.2, 0.25) is 0 Å². The molecule has 0 spiro atoms. The number of nitrogens with zero attached hydrogens (tertiary/aromatic N) is 2. The predicted molar refractivity (Wildman–Crippen MR) is 60.3 cm³/mol. The summed E-state index contributed by atoms with van der Waals surface area (Å²) in [5.74, 6) is 0.146. The van der Waals surface area contributed by atoms with Gasteiger partial charge in [-0.25, -0.2) is 0 Å². The molecule has 0 atom stereocenters. The fourth-order valence-electron chi connectivity index (χ4n) is 1.46. The average molecular weight is 220 g/mol. The molecule has 2 heterocycles. The topological polar surface area (TPSA) is 34.9 Å². The van der Waals surface area contributed by atoms with E-state index in [9.17, 15) is 4.79 Å². The molecule has 0 bridgehead atoms. The van der Waals surface area contributed by atoms with Gasteiger partial charge in [0.1, 0.15) is 0 Å². The molecule has 2 rings (SSSR count). The molecule has 0 saturated carbocycles. The van der Waals surface area contributed by atoms with E-state index in [1.165, 1.54) is 0 Å². The van der Waals surface area contributed by atoms with E-state index in [0.29, 0.717) is 6.42 Å². The minimum absolute atomic E-state index is 0.146. The van der Waals surface area contributed by atoms with Gasteiger partial charge in [-0.05, 0) is 23.9 Å². The van der Waals surface area contributed by atoms with Gasteiger partial charge in [0.05, 0.1) is 12.1 Å². The van der Waals surface area contributed by atoms with Crippen molar-refractivity contribution in [1.82, 2.24) is 9.78 Å². The normalized spacial score (nSPS) is 10.5. The minimum Gasteiger partial charge on any atom is -0.294 e. The second-order valence-corrected chi connectivity index (χ2v) is 4.29. The van der Waals surface area contributed by atoms with Crippen LogP contribution in [-0.4, -0.2) is 15.6 Å². The fraction of sp³-hybridized carbons (Fsp3) is 0.273. The lowest BCUT2D eigenvalue weighted by Crippen LogP contribution is -2.04. The van der Waals surface area contributed by atoms with Crippen LogP contribution in [0.15, 0.2) is 23.0 Å². The van der Waals surface area contributed by atoms with Crippen LogP contribution in [0.3, 0.4) is 0 Å². The largest absolute Gasteiger partial charge is 0.294 e. The highest BCUT2D eigenvalue weighted by atomic mass is 32.1. The zero-order valence-electron chi connectivity index (χ0n) is 8.73. The van der Waals surface area contributed by atoms with E-state index in [2.05, 4.69) is 5.10 Å². The molecule has 0 aliphatic rings. The number of hydrogen-bond donors (Lipinski definition) is 0. The quantitative estimate of drug-likeness (QED) is 0.743. The Morgan fingerprint density at radius 1 is 1.53 bits per heavy atom. The molecular formula is C11H12N2OS. The summed E-state index contributed by atoms with van der Waals surface area (Å²) in [6.07, 6.45) is 2.24. The van der Waals surface area contributed by atoms with E-state index >= 15 is 0 Å². The van der Waals surface area contributed by atoms with Crippen LogP contribution >= 0.6 is 11.3 Å². The van der Waals surface area contributed by atoms with Gasteiger partial charge in [0, 0.05) is 24.2 Å². The van der Waals surface area contributed by atoms with Crippen LogP contribution < -0.4 is 0 Å². The first-order valence-electron chi connectivity index (χ1n) is 4.71. The molecule has 0 aromatic carbocycles. The van der Waals surface area contributed by atoms with Crippen molar-refractivity contribution in [2.24, 2.45) is 7.05 Å². The third-order valence-electron chi connectivity index (χ3n) is 2.27. The maximum absolute atomic E-state index is 11.9. The molecule has 0 saturated heterocycles. The van der Waals surface area contributed by atoms with E-state index in [1.54, 1.807) is 16.0 Å². The Labute approximate surface area is 92.4 Å². The maximum atomic E-state index is 11.9. The molecule has 0 unspecified atom stereocenters. The molecule has 0 fully saturated rings. The summed E-state index contributed by atoms with van der Waals surface area (Å²) in [5.41, 5.74) is 2.71. The van der Waals surface area contributed by atoms with E-state index in [-0.39, 0.29) is 5.78 Å². The van der Waals surface area contributed by atoms with Crippen molar-refractivity contribution < 1.29 is 4.79 Å². The lowest BCUT2D eigenvalue weighted by Gasteiger charge is -1.96. The lowest BCUT2D eigenvalue weighted by molar-refractivity contribution is 0.0991.